The van der Waals surface area contributed by atoms with E-state index in [0.29, 0.717) is 5.56 Å². The number of hydrogen-bond donors (Lipinski definition) is 0. The first-order valence-electron chi connectivity index (χ1n) is 5.56. The van der Waals surface area contributed by atoms with Crippen molar-refractivity contribution < 1.29 is 18.7 Å². The first-order chi connectivity index (χ1) is 8.31. The highest BCUT2D eigenvalue weighted by Crippen LogP contribution is 2.18. The largest absolute Gasteiger partial charge is 0.494 e. The fraction of sp³-hybridized carbons (Fsp3) is 0.357. The Morgan fingerprint density at radius 1 is 1.33 bits per heavy atom. The van der Waals surface area contributed by atoms with Crippen LogP contribution in [0.2, 0.25) is 0 Å². The summed E-state index contributed by atoms with van der Waals surface area (Å²) in [4.78, 5) is 11.4. The second-order valence-electron chi connectivity index (χ2n) is 4.76. The minimum atomic E-state index is -0.535. The van der Waals surface area contributed by atoms with Crippen molar-refractivity contribution in [1.82, 2.24) is 0 Å². The van der Waals surface area contributed by atoms with Gasteiger partial charge in [-0.2, -0.15) is 0 Å². The summed E-state index contributed by atoms with van der Waals surface area (Å²) in [5, 5.41) is 0. The van der Waals surface area contributed by atoms with E-state index in [2.05, 4.69) is 0 Å². The maximum Gasteiger partial charge on any atom is 0.331 e. The second kappa shape index (κ2) is 5.67. The number of benzene rings is 1. The second-order valence-corrected chi connectivity index (χ2v) is 4.76. The number of esters is 1. The maximum atomic E-state index is 13.4. The molecule has 0 saturated carbocycles. The average Bonchev–Trinajstić information content (AvgIpc) is 2.24. The quantitative estimate of drug-likeness (QED) is 0.612. The van der Waals surface area contributed by atoms with Crippen LogP contribution >= 0.6 is 0 Å². The zero-order valence-electron chi connectivity index (χ0n) is 11.0. The van der Waals surface area contributed by atoms with Gasteiger partial charge in [0.25, 0.3) is 0 Å². The number of methoxy groups -OCH3 is 1. The molecule has 0 unspecified atom stereocenters. The van der Waals surface area contributed by atoms with Gasteiger partial charge in [0.05, 0.1) is 7.11 Å². The molecule has 0 bridgehead atoms. The van der Waals surface area contributed by atoms with E-state index in [4.69, 9.17) is 9.47 Å². The summed E-state index contributed by atoms with van der Waals surface area (Å²) in [7, 11) is 1.40. The van der Waals surface area contributed by atoms with Crippen molar-refractivity contribution in [3.63, 3.8) is 0 Å². The average molecular weight is 252 g/mol. The molecule has 0 aliphatic carbocycles. The van der Waals surface area contributed by atoms with E-state index in [1.165, 1.54) is 31.4 Å². The smallest absolute Gasteiger partial charge is 0.331 e. The molecule has 0 radical (unpaired) electrons. The molecule has 0 fully saturated rings. The van der Waals surface area contributed by atoms with Crippen LogP contribution in [-0.4, -0.2) is 18.7 Å². The Labute approximate surface area is 106 Å². The van der Waals surface area contributed by atoms with E-state index in [0.717, 1.165) is 0 Å². The van der Waals surface area contributed by atoms with Crippen molar-refractivity contribution in [3.05, 3.63) is 35.7 Å². The molecule has 0 spiro atoms. The summed E-state index contributed by atoms with van der Waals surface area (Å²) in [6.45, 7) is 5.35. The Morgan fingerprint density at radius 3 is 2.50 bits per heavy atom. The Balaban J connectivity index is 2.73. The minimum absolute atomic E-state index is 0.171. The lowest BCUT2D eigenvalue weighted by molar-refractivity contribution is -0.148. The highest BCUT2D eigenvalue weighted by atomic mass is 19.1. The minimum Gasteiger partial charge on any atom is -0.494 e. The molecule has 0 amide bonds. The first kappa shape index (κ1) is 14.2. The lowest BCUT2D eigenvalue weighted by Crippen LogP contribution is -2.22. The molecular weight excluding hydrogens is 235 g/mol. The van der Waals surface area contributed by atoms with E-state index < -0.39 is 17.4 Å². The molecule has 0 saturated heterocycles. The van der Waals surface area contributed by atoms with Gasteiger partial charge in [-0.25, -0.2) is 9.18 Å². The van der Waals surface area contributed by atoms with Crippen molar-refractivity contribution in [2.45, 2.75) is 26.4 Å². The zero-order chi connectivity index (χ0) is 13.8. The molecule has 0 aliphatic rings. The van der Waals surface area contributed by atoms with E-state index >= 15 is 0 Å². The SMILES string of the molecule is COc1ccc(C=CC(=O)OC(C)(C)C)cc1F. The number of rotatable bonds is 3. The van der Waals surface area contributed by atoms with Gasteiger partial charge in [-0.3, -0.25) is 0 Å². The summed E-state index contributed by atoms with van der Waals surface area (Å²) in [5.74, 6) is -0.757. The molecule has 0 heterocycles. The first-order valence-corrected chi connectivity index (χ1v) is 5.56. The van der Waals surface area contributed by atoms with Gasteiger partial charge in [0.2, 0.25) is 0 Å². The fourth-order valence-corrected chi connectivity index (χ4v) is 1.29. The maximum absolute atomic E-state index is 13.4. The fourth-order valence-electron chi connectivity index (χ4n) is 1.29. The number of carbonyl (C=O) groups excluding carboxylic acids is 1. The van der Waals surface area contributed by atoms with Crippen LogP contribution in [0.3, 0.4) is 0 Å². The van der Waals surface area contributed by atoms with Crippen LogP contribution in [0.25, 0.3) is 6.08 Å². The molecule has 1 aromatic carbocycles. The van der Waals surface area contributed by atoms with Crippen molar-refractivity contribution in [2.75, 3.05) is 7.11 Å². The van der Waals surface area contributed by atoms with Crippen LogP contribution in [0.4, 0.5) is 4.39 Å². The van der Waals surface area contributed by atoms with Gasteiger partial charge in [0.1, 0.15) is 5.60 Å². The topological polar surface area (TPSA) is 35.5 Å². The third kappa shape index (κ3) is 4.57. The predicted molar refractivity (Wildman–Crippen MR) is 67.8 cm³/mol. The van der Waals surface area contributed by atoms with Gasteiger partial charge in [-0.15, -0.1) is 0 Å². The predicted octanol–water partition coefficient (Wildman–Crippen LogP) is 3.19. The van der Waals surface area contributed by atoms with Crippen molar-refractivity contribution in [2.24, 2.45) is 0 Å². The van der Waals surface area contributed by atoms with Crippen molar-refractivity contribution >= 4 is 12.0 Å². The third-order valence-electron chi connectivity index (χ3n) is 1.99. The highest BCUT2D eigenvalue weighted by molar-refractivity contribution is 5.87. The summed E-state index contributed by atoms with van der Waals surface area (Å²) in [5.41, 5.74) is 0.0335. The monoisotopic (exact) mass is 252 g/mol. The summed E-state index contributed by atoms with van der Waals surface area (Å²) in [6.07, 6.45) is 2.77. The van der Waals surface area contributed by atoms with Gasteiger partial charge < -0.3 is 9.47 Å². The van der Waals surface area contributed by atoms with Crippen molar-refractivity contribution in [3.8, 4) is 5.75 Å². The standard InChI is InChI=1S/C14H17FO3/c1-14(2,3)18-13(16)8-6-10-5-7-12(17-4)11(15)9-10/h5-9H,1-4H3. The lowest BCUT2D eigenvalue weighted by Gasteiger charge is -2.17. The van der Waals surface area contributed by atoms with Crippen molar-refractivity contribution in [1.29, 1.82) is 0 Å². The molecule has 4 heteroatoms. The molecule has 1 rings (SSSR count). The Morgan fingerprint density at radius 2 is 2.00 bits per heavy atom. The van der Waals surface area contributed by atoms with Crippen LogP contribution in [0.15, 0.2) is 24.3 Å². The Hall–Kier alpha value is -1.84. The Bertz CT molecular complexity index is 459. The van der Waals surface area contributed by atoms with Gasteiger partial charge >= 0.3 is 5.97 Å². The molecule has 18 heavy (non-hydrogen) atoms. The molecule has 0 aliphatic heterocycles. The van der Waals surface area contributed by atoms with Crippen LogP contribution in [0.1, 0.15) is 26.3 Å². The van der Waals surface area contributed by atoms with Gasteiger partial charge in [-0.05, 0) is 44.5 Å². The normalized spacial score (nSPS) is 11.6. The van der Waals surface area contributed by atoms with E-state index in [9.17, 15) is 9.18 Å². The van der Waals surface area contributed by atoms with Gasteiger partial charge in [0, 0.05) is 6.08 Å². The zero-order valence-corrected chi connectivity index (χ0v) is 11.0. The van der Waals surface area contributed by atoms with Gasteiger partial charge in [0.15, 0.2) is 11.6 Å². The molecular formula is C14H17FO3. The van der Waals surface area contributed by atoms with Crippen LogP contribution in [0.5, 0.6) is 5.75 Å². The number of carbonyl (C=O) groups is 1. The summed E-state index contributed by atoms with van der Waals surface area (Å²) in [6, 6.07) is 4.45. The Kier molecular flexibility index (Phi) is 4.48. The van der Waals surface area contributed by atoms with Crippen LogP contribution in [0, 0.1) is 5.82 Å². The van der Waals surface area contributed by atoms with Crippen LogP contribution < -0.4 is 4.74 Å². The molecule has 1 aromatic rings. The summed E-state index contributed by atoms with van der Waals surface area (Å²) < 4.78 is 23.3. The molecule has 0 aromatic heterocycles. The van der Waals surface area contributed by atoms with Crippen LogP contribution in [-0.2, 0) is 9.53 Å². The van der Waals surface area contributed by atoms with E-state index in [-0.39, 0.29) is 5.75 Å². The number of halogens is 1. The van der Waals surface area contributed by atoms with E-state index in [1.807, 2.05) is 0 Å². The molecule has 3 nitrogen and oxygen atoms in total. The van der Waals surface area contributed by atoms with E-state index in [1.54, 1.807) is 26.8 Å². The molecule has 98 valence electrons. The molecule has 0 atom stereocenters. The van der Waals surface area contributed by atoms with Gasteiger partial charge in [-0.1, -0.05) is 6.07 Å². The summed E-state index contributed by atoms with van der Waals surface area (Å²) >= 11 is 0. The highest BCUT2D eigenvalue weighted by Gasteiger charge is 2.13. The molecule has 0 N–H and O–H groups in total. The number of hydrogen-bond acceptors (Lipinski definition) is 3. The lowest BCUT2D eigenvalue weighted by atomic mass is 10.2. The third-order valence-corrected chi connectivity index (χ3v) is 1.99. The number of ether oxygens (including phenoxy) is 2.